The van der Waals surface area contributed by atoms with Crippen LogP contribution in [0.1, 0.15) is 43.8 Å². The van der Waals surface area contributed by atoms with Gasteiger partial charge in [-0.15, -0.1) is 0 Å². The number of alkyl carbamates (subject to hydrolysis) is 1. The molecule has 2 aromatic carbocycles. The molecule has 0 saturated carbocycles. The van der Waals surface area contributed by atoms with Gasteiger partial charge in [0.1, 0.15) is 11.4 Å². The molecule has 0 aliphatic carbocycles. The van der Waals surface area contributed by atoms with Gasteiger partial charge in [0.05, 0.1) is 17.1 Å². The van der Waals surface area contributed by atoms with Crippen LogP contribution in [-0.4, -0.2) is 21.7 Å². The molecule has 0 spiro atoms. The maximum atomic E-state index is 12.4. The summed E-state index contributed by atoms with van der Waals surface area (Å²) in [5.74, 6) is 0.712. The van der Waals surface area contributed by atoms with E-state index in [1.807, 2.05) is 64.1 Å². The molecule has 0 fully saturated rings. The molecule has 0 bridgehead atoms. The van der Waals surface area contributed by atoms with Crippen molar-refractivity contribution in [1.82, 2.24) is 15.3 Å². The van der Waals surface area contributed by atoms with Crippen molar-refractivity contribution in [3.05, 3.63) is 63.9 Å². The van der Waals surface area contributed by atoms with Crippen molar-refractivity contribution in [1.29, 1.82) is 0 Å². The molecule has 1 aromatic heterocycles. The van der Waals surface area contributed by atoms with Crippen LogP contribution in [0.2, 0.25) is 0 Å². The summed E-state index contributed by atoms with van der Waals surface area (Å²) < 4.78 is 6.46. The number of imidazole rings is 1. The Bertz CT molecular complexity index is 942. The lowest BCUT2D eigenvalue weighted by Gasteiger charge is -2.23. The van der Waals surface area contributed by atoms with Gasteiger partial charge in [-0.1, -0.05) is 34.1 Å². The highest BCUT2D eigenvalue weighted by molar-refractivity contribution is 9.10. The Balaban J connectivity index is 1.89. The van der Waals surface area contributed by atoms with Crippen LogP contribution in [0.4, 0.5) is 4.79 Å². The fourth-order valence-electron chi connectivity index (χ4n) is 2.83. The Morgan fingerprint density at radius 3 is 2.59 bits per heavy atom. The van der Waals surface area contributed by atoms with Crippen molar-refractivity contribution in [2.24, 2.45) is 0 Å². The lowest BCUT2D eigenvalue weighted by Crippen LogP contribution is -2.36. The third-order valence-corrected chi connectivity index (χ3v) is 4.56. The number of benzene rings is 2. The van der Waals surface area contributed by atoms with Crippen LogP contribution >= 0.6 is 15.9 Å². The number of nitrogens with zero attached hydrogens (tertiary/aromatic N) is 1. The van der Waals surface area contributed by atoms with E-state index in [1.54, 1.807) is 0 Å². The first kappa shape index (κ1) is 19.4. The smallest absolute Gasteiger partial charge is 0.408 e. The summed E-state index contributed by atoms with van der Waals surface area (Å²) in [6.07, 6.45) is 0.145. The molecule has 5 nitrogen and oxygen atoms in total. The van der Waals surface area contributed by atoms with Crippen molar-refractivity contribution < 1.29 is 9.53 Å². The number of aryl methyl sites for hydroxylation is 1. The number of hydrogen-bond donors (Lipinski definition) is 2. The van der Waals surface area contributed by atoms with E-state index in [0.29, 0.717) is 12.2 Å². The number of carbonyl (C=O) groups is 1. The van der Waals surface area contributed by atoms with E-state index >= 15 is 0 Å². The molecule has 0 saturated heterocycles. The Morgan fingerprint density at radius 2 is 1.93 bits per heavy atom. The molecule has 0 radical (unpaired) electrons. The summed E-state index contributed by atoms with van der Waals surface area (Å²) in [5.41, 5.74) is 3.52. The van der Waals surface area contributed by atoms with Crippen LogP contribution in [0.5, 0.6) is 0 Å². The average Bonchev–Trinajstić information content (AvgIpc) is 2.97. The number of nitrogens with one attached hydrogen (secondary N) is 2. The van der Waals surface area contributed by atoms with Crippen LogP contribution in [0.3, 0.4) is 0 Å². The van der Waals surface area contributed by atoms with Crippen molar-refractivity contribution in [3.8, 4) is 0 Å². The summed E-state index contributed by atoms with van der Waals surface area (Å²) in [7, 11) is 0. The molecule has 0 aliphatic heterocycles. The lowest BCUT2D eigenvalue weighted by molar-refractivity contribution is 0.0501. The molecular formula is C21H24BrN3O2. The number of H-pyrrole nitrogens is 1. The number of amides is 1. The number of fused-ring (bicyclic) bond motifs is 1. The van der Waals surface area contributed by atoms with Gasteiger partial charge >= 0.3 is 6.09 Å². The van der Waals surface area contributed by atoms with E-state index in [2.05, 4.69) is 37.3 Å². The minimum absolute atomic E-state index is 0.325. The third-order valence-electron chi connectivity index (χ3n) is 4.03. The summed E-state index contributed by atoms with van der Waals surface area (Å²) in [5, 5.41) is 2.96. The van der Waals surface area contributed by atoms with Gasteiger partial charge in [-0.2, -0.15) is 0 Å². The van der Waals surface area contributed by atoms with Crippen LogP contribution < -0.4 is 5.32 Å². The van der Waals surface area contributed by atoms with Crippen molar-refractivity contribution >= 4 is 33.1 Å². The van der Waals surface area contributed by atoms with E-state index in [-0.39, 0.29) is 6.04 Å². The maximum absolute atomic E-state index is 12.4. The predicted octanol–water partition coefficient (Wildman–Crippen LogP) is 5.44. The molecule has 2 N–H and O–H groups in total. The fraction of sp³-hybridized carbons (Fsp3) is 0.333. The van der Waals surface area contributed by atoms with Gasteiger partial charge in [-0.25, -0.2) is 9.78 Å². The molecule has 1 heterocycles. The number of aromatic nitrogens is 2. The van der Waals surface area contributed by atoms with Crippen molar-refractivity contribution in [2.45, 2.75) is 45.8 Å². The van der Waals surface area contributed by atoms with Crippen LogP contribution in [0, 0.1) is 6.92 Å². The minimum Gasteiger partial charge on any atom is -0.444 e. The molecule has 27 heavy (non-hydrogen) atoms. The second kappa shape index (κ2) is 7.72. The summed E-state index contributed by atoms with van der Waals surface area (Å²) >= 11 is 3.45. The molecule has 142 valence electrons. The van der Waals surface area contributed by atoms with E-state index in [0.717, 1.165) is 26.6 Å². The fourth-order valence-corrected chi connectivity index (χ4v) is 3.09. The summed E-state index contributed by atoms with van der Waals surface area (Å²) in [4.78, 5) is 20.4. The zero-order chi connectivity index (χ0) is 19.6. The Hall–Kier alpha value is -2.34. The summed E-state index contributed by atoms with van der Waals surface area (Å²) in [6.45, 7) is 7.58. The van der Waals surface area contributed by atoms with Gasteiger partial charge in [0.25, 0.3) is 0 Å². The number of ether oxygens (including phenoxy) is 1. The zero-order valence-corrected chi connectivity index (χ0v) is 17.6. The van der Waals surface area contributed by atoms with Crippen LogP contribution in [-0.2, 0) is 11.2 Å². The zero-order valence-electron chi connectivity index (χ0n) is 16.0. The van der Waals surface area contributed by atoms with E-state index in [4.69, 9.17) is 4.74 Å². The monoisotopic (exact) mass is 429 g/mol. The van der Waals surface area contributed by atoms with Crippen molar-refractivity contribution in [2.75, 3.05) is 0 Å². The Morgan fingerprint density at radius 1 is 1.22 bits per heavy atom. The normalized spacial score (nSPS) is 12.8. The largest absolute Gasteiger partial charge is 0.444 e. The highest BCUT2D eigenvalue weighted by Gasteiger charge is 2.23. The second-order valence-corrected chi connectivity index (χ2v) is 8.59. The quantitative estimate of drug-likeness (QED) is 0.579. The third kappa shape index (κ3) is 5.32. The molecule has 0 unspecified atom stereocenters. The first-order chi connectivity index (χ1) is 12.7. The van der Waals surface area contributed by atoms with E-state index in [1.165, 1.54) is 0 Å². The van der Waals surface area contributed by atoms with Crippen molar-refractivity contribution in [3.63, 3.8) is 0 Å². The predicted molar refractivity (Wildman–Crippen MR) is 111 cm³/mol. The van der Waals surface area contributed by atoms with Gasteiger partial charge in [-0.05, 0) is 63.1 Å². The molecule has 3 aromatic rings. The number of halogens is 1. The molecule has 1 atom stereocenters. The first-order valence-corrected chi connectivity index (χ1v) is 9.69. The highest BCUT2D eigenvalue weighted by Crippen LogP contribution is 2.22. The van der Waals surface area contributed by atoms with Crippen LogP contribution in [0.25, 0.3) is 11.0 Å². The highest BCUT2D eigenvalue weighted by atomic mass is 79.9. The second-order valence-electron chi connectivity index (χ2n) is 7.67. The van der Waals surface area contributed by atoms with Gasteiger partial charge in [0, 0.05) is 10.9 Å². The number of rotatable bonds is 4. The SMILES string of the molecule is Cc1ccc2nc([C@@H](Cc3ccc(Br)cc3)NC(=O)OC(C)(C)C)[nH]c2c1. The van der Waals surface area contributed by atoms with Crippen LogP contribution in [0.15, 0.2) is 46.9 Å². The Kier molecular flexibility index (Phi) is 5.56. The topological polar surface area (TPSA) is 67.0 Å². The average molecular weight is 430 g/mol. The van der Waals surface area contributed by atoms with Gasteiger partial charge in [0.15, 0.2) is 0 Å². The molecule has 1 amide bonds. The molecule has 3 rings (SSSR count). The van der Waals surface area contributed by atoms with Gasteiger partial charge < -0.3 is 15.0 Å². The van der Waals surface area contributed by atoms with E-state index < -0.39 is 11.7 Å². The van der Waals surface area contributed by atoms with Gasteiger partial charge in [0.2, 0.25) is 0 Å². The lowest BCUT2D eigenvalue weighted by atomic mass is 10.1. The van der Waals surface area contributed by atoms with Gasteiger partial charge in [-0.3, -0.25) is 0 Å². The molecular weight excluding hydrogens is 406 g/mol. The number of hydrogen-bond acceptors (Lipinski definition) is 3. The molecule has 0 aliphatic rings. The number of carbonyl (C=O) groups excluding carboxylic acids is 1. The Labute approximate surface area is 167 Å². The summed E-state index contributed by atoms with van der Waals surface area (Å²) in [6, 6.07) is 13.8. The first-order valence-electron chi connectivity index (χ1n) is 8.90. The van der Waals surface area contributed by atoms with E-state index in [9.17, 15) is 4.79 Å². The molecule has 6 heteroatoms. The minimum atomic E-state index is -0.558. The standard InChI is InChI=1S/C21H24BrN3O2/c1-13-5-10-16-17(11-13)24-19(23-16)18(25-20(26)27-21(2,3)4)12-14-6-8-15(22)9-7-14/h5-11,18H,12H2,1-4H3,(H,23,24)(H,25,26)/t18-/m1/s1. The maximum Gasteiger partial charge on any atom is 0.408 e. The number of aromatic amines is 1.